The molecule has 21 heavy (non-hydrogen) atoms. The minimum absolute atomic E-state index is 0.0320. The first-order valence-corrected chi connectivity index (χ1v) is 6.42. The molecule has 1 aromatic rings. The fourth-order valence-electron chi connectivity index (χ4n) is 2.56. The number of aromatic amines is 1. The van der Waals surface area contributed by atoms with Crippen molar-refractivity contribution in [2.75, 3.05) is 25.6 Å². The van der Waals surface area contributed by atoms with Crippen molar-refractivity contribution in [3.63, 3.8) is 0 Å². The van der Waals surface area contributed by atoms with E-state index in [0.717, 1.165) is 0 Å². The lowest BCUT2D eigenvalue weighted by Crippen LogP contribution is -2.38. The van der Waals surface area contributed by atoms with Crippen LogP contribution >= 0.6 is 0 Å². The summed E-state index contributed by atoms with van der Waals surface area (Å²) in [7, 11) is 4.75. The molecule has 1 aliphatic heterocycles. The predicted molar refractivity (Wildman–Crippen MR) is 73.3 cm³/mol. The van der Waals surface area contributed by atoms with Crippen molar-refractivity contribution in [3.05, 3.63) is 26.4 Å². The highest BCUT2D eigenvalue weighted by molar-refractivity contribution is 5.47. The molecule has 0 amide bonds. The van der Waals surface area contributed by atoms with Crippen LogP contribution in [-0.4, -0.2) is 63.9 Å². The summed E-state index contributed by atoms with van der Waals surface area (Å²) in [6.45, 7) is -0.490. The fourth-order valence-corrected chi connectivity index (χ4v) is 2.56. The Morgan fingerprint density at radius 3 is 2.38 bits per heavy atom. The standard InChI is InChI=1S/C12H19N3O6/c1-14(2)11-6(10(19)13-12(20)15(11)3)9-8(18)7(17)5(4-16)21-9/h5,7-9,16-18H,4H2,1-3H3,(H,13,19,20)/t5-,7-,8-,9+/m1/s1. The van der Waals surface area contributed by atoms with E-state index in [9.17, 15) is 19.8 Å². The highest BCUT2D eigenvalue weighted by atomic mass is 16.6. The zero-order chi connectivity index (χ0) is 15.9. The molecule has 4 atom stereocenters. The van der Waals surface area contributed by atoms with E-state index in [1.165, 1.54) is 11.6 Å². The minimum Gasteiger partial charge on any atom is -0.394 e. The first-order valence-electron chi connectivity index (χ1n) is 6.42. The van der Waals surface area contributed by atoms with Crippen molar-refractivity contribution in [1.82, 2.24) is 9.55 Å². The Balaban J connectivity index is 2.62. The molecule has 9 nitrogen and oxygen atoms in total. The summed E-state index contributed by atoms with van der Waals surface area (Å²) in [6.07, 6.45) is -4.81. The average Bonchev–Trinajstić information content (AvgIpc) is 2.69. The third kappa shape index (κ3) is 2.48. The van der Waals surface area contributed by atoms with Gasteiger partial charge in [-0.1, -0.05) is 0 Å². The van der Waals surface area contributed by atoms with Gasteiger partial charge in [-0.15, -0.1) is 0 Å². The van der Waals surface area contributed by atoms with Crippen molar-refractivity contribution in [1.29, 1.82) is 0 Å². The molecule has 0 aliphatic carbocycles. The first-order chi connectivity index (χ1) is 9.79. The number of aliphatic hydroxyl groups is 3. The molecule has 0 bridgehead atoms. The van der Waals surface area contributed by atoms with Gasteiger partial charge in [0.2, 0.25) is 0 Å². The molecule has 4 N–H and O–H groups in total. The molecule has 2 rings (SSSR count). The van der Waals surface area contributed by atoms with E-state index in [1.807, 2.05) is 0 Å². The summed E-state index contributed by atoms with van der Waals surface area (Å²) in [5.41, 5.74) is -1.26. The summed E-state index contributed by atoms with van der Waals surface area (Å²) in [5.74, 6) is 0.263. The van der Waals surface area contributed by atoms with E-state index in [0.29, 0.717) is 0 Å². The van der Waals surface area contributed by atoms with Crippen LogP contribution in [0.15, 0.2) is 9.59 Å². The summed E-state index contributed by atoms with van der Waals surface area (Å²) >= 11 is 0. The molecule has 1 saturated heterocycles. The van der Waals surface area contributed by atoms with Crippen molar-refractivity contribution >= 4 is 5.82 Å². The van der Waals surface area contributed by atoms with Gasteiger partial charge in [0.25, 0.3) is 5.56 Å². The van der Waals surface area contributed by atoms with Gasteiger partial charge in [-0.2, -0.15) is 0 Å². The minimum atomic E-state index is -1.38. The van der Waals surface area contributed by atoms with Gasteiger partial charge in [0.05, 0.1) is 12.2 Å². The number of anilines is 1. The molecule has 0 aromatic carbocycles. The highest BCUT2D eigenvalue weighted by Gasteiger charge is 2.45. The molecular formula is C12H19N3O6. The van der Waals surface area contributed by atoms with Gasteiger partial charge in [0.15, 0.2) is 0 Å². The van der Waals surface area contributed by atoms with Gasteiger partial charge in [-0.25, -0.2) is 4.79 Å². The van der Waals surface area contributed by atoms with Crippen LogP contribution in [0.25, 0.3) is 0 Å². The summed E-state index contributed by atoms with van der Waals surface area (Å²) < 4.78 is 6.59. The second-order valence-electron chi connectivity index (χ2n) is 5.21. The molecule has 0 unspecified atom stereocenters. The maximum absolute atomic E-state index is 12.1. The van der Waals surface area contributed by atoms with E-state index in [2.05, 4.69) is 4.98 Å². The molecule has 9 heteroatoms. The van der Waals surface area contributed by atoms with Gasteiger partial charge in [-0.05, 0) is 0 Å². The zero-order valence-corrected chi connectivity index (χ0v) is 12.0. The Labute approximate surface area is 120 Å². The normalized spacial score (nSPS) is 28.9. The fraction of sp³-hybridized carbons (Fsp3) is 0.667. The molecule has 0 radical (unpaired) electrons. The van der Waals surface area contributed by atoms with E-state index in [-0.39, 0.29) is 11.4 Å². The Morgan fingerprint density at radius 2 is 1.90 bits per heavy atom. The maximum atomic E-state index is 12.1. The van der Waals surface area contributed by atoms with Crippen molar-refractivity contribution in [3.8, 4) is 0 Å². The average molecular weight is 301 g/mol. The number of hydrogen-bond donors (Lipinski definition) is 4. The Hall–Kier alpha value is -1.68. The van der Waals surface area contributed by atoms with E-state index in [1.54, 1.807) is 19.0 Å². The number of nitrogens with one attached hydrogen (secondary N) is 1. The maximum Gasteiger partial charge on any atom is 0.329 e. The smallest absolute Gasteiger partial charge is 0.329 e. The van der Waals surface area contributed by atoms with Crippen LogP contribution in [0.3, 0.4) is 0 Å². The van der Waals surface area contributed by atoms with Crippen LogP contribution in [0.2, 0.25) is 0 Å². The monoisotopic (exact) mass is 301 g/mol. The van der Waals surface area contributed by atoms with Crippen LogP contribution in [-0.2, 0) is 11.8 Å². The summed E-state index contributed by atoms with van der Waals surface area (Å²) in [4.78, 5) is 27.5. The second-order valence-corrected chi connectivity index (χ2v) is 5.21. The van der Waals surface area contributed by atoms with Crippen molar-refractivity contribution < 1.29 is 20.1 Å². The number of hydrogen-bond acceptors (Lipinski definition) is 7. The topological polar surface area (TPSA) is 128 Å². The highest BCUT2D eigenvalue weighted by Crippen LogP contribution is 2.35. The molecular weight excluding hydrogens is 282 g/mol. The van der Waals surface area contributed by atoms with Crippen LogP contribution in [0, 0.1) is 0 Å². The van der Waals surface area contributed by atoms with Gasteiger partial charge in [-0.3, -0.25) is 14.3 Å². The first kappa shape index (κ1) is 15.7. The van der Waals surface area contributed by atoms with Crippen molar-refractivity contribution in [2.45, 2.75) is 24.4 Å². The lowest BCUT2D eigenvalue weighted by molar-refractivity contribution is -0.0231. The number of aromatic nitrogens is 2. The van der Waals surface area contributed by atoms with Gasteiger partial charge >= 0.3 is 5.69 Å². The Kier molecular flexibility index (Phi) is 4.19. The molecule has 118 valence electrons. The molecule has 1 aliphatic rings. The lowest BCUT2D eigenvalue weighted by Gasteiger charge is -2.23. The van der Waals surface area contributed by atoms with Crippen LogP contribution in [0.1, 0.15) is 11.7 Å². The number of H-pyrrole nitrogens is 1. The van der Waals surface area contributed by atoms with Crippen LogP contribution in [0.5, 0.6) is 0 Å². The van der Waals surface area contributed by atoms with Crippen LogP contribution < -0.4 is 16.1 Å². The zero-order valence-electron chi connectivity index (χ0n) is 12.0. The third-order valence-corrected chi connectivity index (χ3v) is 3.58. The number of rotatable bonds is 3. The van der Waals surface area contributed by atoms with E-state index in [4.69, 9.17) is 9.84 Å². The predicted octanol–water partition coefficient (Wildman–Crippen LogP) is -2.71. The summed E-state index contributed by atoms with van der Waals surface area (Å²) in [6, 6.07) is 0. The van der Waals surface area contributed by atoms with Gasteiger partial charge < -0.3 is 25.0 Å². The van der Waals surface area contributed by atoms with Gasteiger partial charge in [0.1, 0.15) is 30.2 Å². The van der Waals surface area contributed by atoms with Gasteiger partial charge in [0, 0.05) is 21.1 Å². The Morgan fingerprint density at radius 1 is 1.29 bits per heavy atom. The van der Waals surface area contributed by atoms with E-state index < -0.39 is 42.3 Å². The molecule has 1 fully saturated rings. The van der Waals surface area contributed by atoms with E-state index >= 15 is 0 Å². The quantitative estimate of drug-likeness (QED) is 0.478. The molecule has 1 aromatic heterocycles. The largest absolute Gasteiger partial charge is 0.394 e. The Bertz CT molecular complexity index is 637. The summed E-state index contributed by atoms with van der Waals surface area (Å²) in [5, 5.41) is 29.0. The number of nitrogens with zero attached hydrogens (tertiary/aromatic N) is 2. The lowest BCUT2D eigenvalue weighted by atomic mass is 10.0. The number of aliphatic hydroxyl groups excluding tert-OH is 3. The number of ether oxygens (including phenoxy) is 1. The second kappa shape index (κ2) is 5.60. The molecule has 2 heterocycles. The van der Waals surface area contributed by atoms with Crippen LogP contribution in [0.4, 0.5) is 5.82 Å². The molecule has 0 spiro atoms. The third-order valence-electron chi connectivity index (χ3n) is 3.58. The van der Waals surface area contributed by atoms with Crippen molar-refractivity contribution in [2.24, 2.45) is 7.05 Å². The SMILES string of the molecule is CN(C)c1c([C@@H]2O[C@H](CO)[C@@H](O)[C@H]2O)c(=O)[nH]c(=O)n1C. The molecule has 0 saturated carbocycles.